The van der Waals surface area contributed by atoms with Crippen LogP contribution in [0.15, 0.2) is 57.2 Å². The first-order valence-corrected chi connectivity index (χ1v) is 9.94. The van der Waals surface area contributed by atoms with Gasteiger partial charge in [-0.2, -0.15) is 9.78 Å². The van der Waals surface area contributed by atoms with E-state index in [0.717, 1.165) is 26.7 Å². The van der Waals surface area contributed by atoms with Gasteiger partial charge in [-0.05, 0) is 42.8 Å². The van der Waals surface area contributed by atoms with Crippen LogP contribution in [0.1, 0.15) is 17.0 Å². The number of aryl methyl sites for hydroxylation is 1. The van der Waals surface area contributed by atoms with Crippen molar-refractivity contribution in [2.24, 2.45) is 5.10 Å². The molecule has 27 heavy (non-hydrogen) atoms. The lowest BCUT2D eigenvalue weighted by atomic mass is 10.2. The summed E-state index contributed by atoms with van der Waals surface area (Å²) in [6.07, 6.45) is 1.72. The van der Waals surface area contributed by atoms with Gasteiger partial charge in [0.2, 0.25) is 5.16 Å². The number of thioether (sulfide) groups is 1. The summed E-state index contributed by atoms with van der Waals surface area (Å²) in [6, 6.07) is 13.8. The van der Waals surface area contributed by atoms with Crippen molar-refractivity contribution in [2.75, 3.05) is 14.2 Å². The predicted octanol–water partition coefficient (Wildman–Crippen LogP) is 4.54. The summed E-state index contributed by atoms with van der Waals surface area (Å²) in [5, 5.41) is 13.7. The fourth-order valence-electron chi connectivity index (χ4n) is 2.35. The number of ether oxygens (including phenoxy) is 2. The van der Waals surface area contributed by atoms with Crippen molar-refractivity contribution < 1.29 is 9.47 Å². The van der Waals surface area contributed by atoms with Gasteiger partial charge < -0.3 is 9.47 Å². The normalized spacial score (nSPS) is 11.1. The summed E-state index contributed by atoms with van der Waals surface area (Å²) in [5.41, 5.74) is 2.02. The van der Waals surface area contributed by atoms with Crippen LogP contribution in [0.4, 0.5) is 0 Å². The van der Waals surface area contributed by atoms with Crippen molar-refractivity contribution >= 4 is 33.9 Å². The van der Waals surface area contributed by atoms with Gasteiger partial charge in [0.1, 0.15) is 11.5 Å². The molecule has 0 saturated heterocycles. The Kier molecular flexibility index (Phi) is 6.52. The molecule has 140 valence electrons. The molecule has 0 aliphatic rings. The Hall–Kier alpha value is -2.32. The Balaban J connectivity index is 1.80. The molecule has 1 heterocycles. The Morgan fingerprint density at radius 3 is 2.59 bits per heavy atom. The van der Waals surface area contributed by atoms with Crippen LogP contribution in [0.5, 0.6) is 11.5 Å². The molecule has 0 N–H and O–H groups in total. The van der Waals surface area contributed by atoms with E-state index in [4.69, 9.17) is 9.47 Å². The summed E-state index contributed by atoms with van der Waals surface area (Å²) in [7, 11) is 3.26. The van der Waals surface area contributed by atoms with Crippen LogP contribution in [0, 0.1) is 6.92 Å². The van der Waals surface area contributed by atoms with Gasteiger partial charge in [-0.3, -0.25) is 0 Å². The van der Waals surface area contributed by atoms with Gasteiger partial charge in [0.25, 0.3) is 0 Å². The molecule has 2 aromatic carbocycles. The van der Waals surface area contributed by atoms with Crippen molar-refractivity contribution in [3.05, 3.63) is 63.9 Å². The maximum atomic E-state index is 5.39. The van der Waals surface area contributed by atoms with Crippen LogP contribution in [-0.4, -0.2) is 35.3 Å². The molecule has 0 fully saturated rings. The highest BCUT2D eigenvalue weighted by atomic mass is 79.9. The van der Waals surface area contributed by atoms with Gasteiger partial charge in [0.15, 0.2) is 5.82 Å². The standard InChI is InChI=1S/C19H19BrN4O2S/c1-13-22-23-19(27-12-14-4-6-16(20)7-5-14)24(13)21-11-15-10-17(25-2)8-9-18(15)26-3/h4-11H,12H2,1-3H3/b21-11+. The molecule has 1 aromatic heterocycles. The lowest BCUT2D eigenvalue weighted by molar-refractivity contribution is 0.402. The minimum absolute atomic E-state index is 0.714. The quantitative estimate of drug-likeness (QED) is 0.393. The molecule has 0 aliphatic heterocycles. The second-order valence-corrected chi connectivity index (χ2v) is 7.47. The van der Waals surface area contributed by atoms with Gasteiger partial charge >= 0.3 is 0 Å². The lowest BCUT2D eigenvalue weighted by Gasteiger charge is -2.07. The van der Waals surface area contributed by atoms with E-state index in [2.05, 4.69) is 43.4 Å². The van der Waals surface area contributed by atoms with Crippen molar-refractivity contribution in [3.63, 3.8) is 0 Å². The largest absolute Gasteiger partial charge is 0.497 e. The number of rotatable bonds is 7. The smallest absolute Gasteiger partial charge is 0.212 e. The SMILES string of the molecule is COc1ccc(OC)c(/C=N/n2c(C)nnc2SCc2ccc(Br)cc2)c1. The zero-order valence-corrected chi connectivity index (χ0v) is 17.6. The van der Waals surface area contributed by atoms with E-state index in [-0.39, 0.29) is 0 Å². The molecule has 6 nitrogen and oxygen atoms in total. The van der Waals surface area contributed by atoms with Crippen LogP contribution < -0.4 is 9.47 Å². The third kappa shape index (κ3) is 4.90. The number of methoxy groups -OCH3 is 2. The van der Waals surface area contributed by atoms with Crippen LogP contribution >= 0.6 is 27.7 Å². The van der Waals surface area contributed by atoms with Crippen molar-refractivity contribution in [2.45, 2.75) is 17.8 Å². The van der Waals surface area contributed by atoms with E-state index >= 15 is 0 Å². The van der Waals surface area contributed by atoms with E-state index < -0.39 is 0 Å². The maximum Gasteiger partial charge on any atom is 0.212 e. The van der Waals surface area contributed by atoms with Crippen molar-refractivity contribution in [1.82, 2.24) is 14.9 Å². The molecule has 0 bridgehead atoms. The molecule has 3 aromatic rings. The van der Waals surface area contributed by atoms with Crippen LogP contribution in [0.2, 0.25) is 0 Å². The minimum atomic E-state index is 0.714. The highest BCUT2D eigenvalue weighted by Crippen LogP contribution is 2.24. The maximum absolute atomic E-state index is 5.39. The van der Waals surface area contributed by atoms with Gasteiger partial charge in [-0.15, -0.1) is 10.2 Å². The first-order valence-electron chi connectivity index (χ1n) is 8.16. The average molecular weight is 447 g/mol. The van der Waals surface area contributed by atoms with Crippen LogP contribution in [0.3, 0.4) is 0 Å². The minimum Gasteiger partial charge on any atom is -0.497 e. The summed E-state index contributed by atoms with van der Waals surface area (Å²) in [6.45, 7) is 1.87. The fraction of sp³-hybridized carbons (Fsp3) is 0.211. The molecule has 8 heteroatoms. The van der Waals surface area contributed by atoms with Gasteiger partial charge in [-0.25, -0.2) is 0 Å². The average Bonchev–Trinajstić information content (AvgIpc) is 3.05. The van der Waals surface area contributed by atoms with E-state index in [1.54, 1.807) is 36.9 Å². The van der Waals surface area contributed by atoms with E-state index in [0.29, 0.717) is 11.6 Å². The molecule has 0 amide bonds. The van der Waals surface area contributed by atoms with Crippen LogP contribution in [-0.2, 0) is 5.75 Å². The number of benzene rings is 2. The highest BCUT2D eigenvalue weighted by molar-refractivity contribution is 9.10. The summed E-state index contributed by atoms with van der Waals surface area (Å²) in [5.74, 6) is 2.95. The molecule has 0 radical (unpaired) electrons. The second kappa shape index (κ2) is 9.05. The summed E-state index contributed by atoms with van der Waals surface area (Å²) >= 11 is 5.03. The zero-order chi connectivity index (χ0) is 19.2. The Bertz CT molecular complexity index is 941. The number of nitrogens with zero attached hydrogens (tertiary/aromatic N) is 4. The Labute approximate surface area is 170 Å². The molecule has 0 spiro atoms. The van der Waals surface area contributed by atoms with Crippen molar-refractivity contribution in [3.8, 4) is 11.5 Å². The molecule has 0 aliphatic carbocycles. The first-order chi connectivity index (χ1) is 13.1. The van der Waals surface area contributed by atoms with Crippen LogP contribution in [0.25, 0.3) is 0 Å². The number of halogens is 1. The molecule has 3 rings (SSSR count). The molecule has 0 unspecified atom stereocenters. The first kappa shape index (κ1) is 19.4. The van der Waals surface area contributed by atoms with Gasteiger partial charge in [-0.1, -0.05) is 39.8 Å². The second-order valence-electron chi connectivity index (χ2n) is 5.61. The van der Waals surface area contributed by atoms with E-state index in [1.807, 2.05) is 37.3 Å². The number of hydrogen-bond acceptors (Lipinski definition) is 6. The topological polar surface area (TPSA) is 61.5 Å². The number of hydrogen-bond donors (Lipinski definition) is 0. The Morgan fingerprint density at radius 2 is 1.89 bits per heavy atom. The zero-order valence-electron chi connectivity index (χ0n) is 15.2. The molecule has 0 atom stereocenters. The van der Waals surface area contributed by atoms with E-state index in [9.17, 15) is 0 Å². The van der Waals surface area contributed by atoms with Gasteiger partial charge in [0, 0.05) is 15.8 Å². The monoisotopic (exact) mass is 446 g/mol. The van der Waals surface area contributed by atoms with Gasteiger partial charge in [0.05, 0.1) is 20.4 Å². The third-order valence-corrected chi connectivity index (χ3v) is 5.32. The molecular formula is C19H19BrN4O2S. The summed E-state index contributed by atoms with van der Waals surface area (Å²) < 4.78 is 13.5. The summed E-state index contributed by atoms with van der Waals surface area (Å²) in [4.78, 5) is 0. The lowest BCUT2D eigenvalue weighted by Crippen LogP contribution is -1.98. The predicted molar refractivity (Wildman–Crippen MR) is 111 cm³/mol. The van der Waals surface area contributed by atoms with Crippen molar-refractivity contribution in [1.29, 1.82) is 0 Å². The third-order valence-electron chi connectivity index (χ3n) is 3.80. The fourth-order valence-corrected chi connectivity index (χ4v) is 3.50. The highest BCUT2D eigenvalue weighted by Gasteiger charge is 2.10. The Morgan fingerprint density at radius 1 is 1.11 bits per heavy atom. The number of aromatic nitrogens is 3. The molecular weight excluding hydrogens is 428 g/mol. The van der Waals surface area contributed by atoms with E-state index in [1.165, 1.54) is 5.56 Å². The molecule has 0 saturated carbocycles.